The molecule has 2 N–H and O–H groups in total. The molecular formula is C22H29F3N6O4S. The van der Waals surface area contributed by atoms with Crippen molar-refractivity contribution in [2.45, 2.75) is 52.0 Å². The number of hydrogen-bond acceptors (Lipinski definition) is 8. The van der Waals surface area contributed by atoms with Crippen molar-refractivity contribution in [1.82, 2.24) is 19.1 Å². The first-order valence-electron chi connectivity index (χ1n) is 11.0. The van der Waals surface area contributed by atoms with Crippen molar-refractivity contribution in [1.29, 1.82) is 0 Å². The number of alkyl halides is 3. The van der Waals surface area contributed by atoms with E-state index < -0.39 is 57.6 Å². The number of halogens is 3. The molecule has 1 aliphatic heterocycles. The quantitative estimate of drug-likeness (QED) is 0.599. The molecule has 3 rings (SSSR count). The summed E-state index contributed by atoms with van der Waals surface area (Å²) >= 11 is 0. The van der Waals surface area contributed by atoms with Gasteiger partial charge in [0.15, 0.2) is 11.6 Å². The van der Waals surface area contributed by atoms with Gasteiger partial charge < -0.3 is 10.6 Å². The maximum atomic E-state index is 14.0. The second-order valence-electron chi connectivity index (χ2n) is 9.85. The lowest BCUT2D eigenvalue weighted by Crippen LogP contribution is -2.46. The summed E-state index contributed by atoms with van der Waals surface area (Å²) in [6.07, 6.45) is -4.47. The molecule has 0 amide bonds. The van der Waals surface area contributed by atoms with Crippen LogP contribution >= 0.6 is 0 Å². The van der Waals surface area contributed by atoms with E-state index in [0.717, 1.165) is 15.8 Å². The van der Waals surface area contributed by atoms with E-state index in [1.807, 2.05) is 24.3 Å². The first-order valence-corrected chi connectivity index (χ1v) is 12.9. The van der Waals surface area contributed by atoms with Crippen LogP contribution in [0, 0.1) is 5.41 Å². The molecule has 2 heterocycles. The number of anilines is 1. The predicted octanol–water partition coefficient (Wildman–Crippen LogP) is 1.92. The summed E-state index contributed by atoms with van der Waals surface area (Å²) in [4.78, 5) is 31.5. The standard InChI is InChI=1S/C22H29F3N6O4S/c1-21(2,3)19(33)31-20(29(4)11-14-8-6-13(10-26)7-9-14)27-18(28-31)16-15(32)12-30(36(5,34)35)17(16)22(23,24)25/h6-9,16-17H,10-12,26H2,1-5H3. The van der Waals surface area contributed by atoms with Gasteiger partial charge in [-0.2, -0.15) is 27.1 Å². The Morgan fingerprint density at radius 2 is 1.72 bits per heavy atom. The molecular weight excluding hydrogens is 501 g/mol. The Morgan fingerprint density at radius 3 is 2.19 bits per heavy atom. The van der Waals surface area contributed by atoms with Crippen LogP contribution in [-0.4, -0.2) is 71.2 Å². The second kappa shape index (κ2) is 9.56. The molecule has 1 fully saturated rings. The van der Waals surface area contributed by atoms with E-state index in [-0.39, 0.29) is 16.8 Å². The average Bonchev–Trinajstić information content (AvgIpc) is 3.34. The van der Waals surface area contributed by atoms with Crippen LogP contribution in [0.5, 0.6) is 0 Å². The van der Waals surface area contributed by atoms with E-state index in [2.05, 4.69) is 10.1 Å². The molecule has 1 aromatic carbocycles. The fourth-order valence-corrected chi connectivity index (χ4v) is 4.95. The van der Waals surface area contributed by atoms with Crippen LogP contribution in [0.15, 0.2) is 24.3 Å². The number of Topliss-reactive ketones (excluding diaryl/α,β-unsaturated/α-hetero) is 1. The van der Waals surface area contributed by atoms with Crippen LogP contribution in [0.2, 0.25) is 0 Å². The number of carbonyl (C=O) groups is 2. The number of nitrogens with two attached hydrogens (primary N) is 1. The number of ketones is 1. The van der Waals surface area contributed by atoms with E-state index >= 15 is 0 Å². The molecule has 1 aromatic heterocycles. The first-order chi connectivity index (χ1) is 16.4. The highest BCUT2D eigenvalue weighted by Gasteiger charge is 2.60. The van der Waals surface area contributed by atoms with E-state index in [1.165, 1.54) is 4.90 Å². The highest BCUT2D eigenvalue weighted by atomic mass is 32.2. The van der Waals surface area contributed by atoms with Crippen molar-refractivity contribution in [2.75, 3.05) is 24.7 Å². The Labute approximate surface area is 207 Å². The van der Waals surface area contributed by atoms with Crippen molar-refractivity contribution >= 4 is 27.7 Å². The Hall–Kier alpha value is -2.84. The SMILES string of the molecule is CN(Cc1ccc(CN)cc1)c1nc(C2C(=O)CN(S(C)(=O)=O)C2C(F)(F)F)nn1C(=O)C(C)(C)C. The van der Waals surface area contributed by atoms with Gasteiger partial charge in [0.05, 0.1) is 12.8 Å². The molecule has 2 unspecified atom stereocenters. The molecule has 1 saturated heterocycles. The average molecular weight is 531 g/mol. The van der Waals surface area contributed by atoms with Gasteiger partial charge in [-0.05, 0) is 11.1 Å². The van der Waals surface area contributed by atoms with Crippen molar-refractivity contribution in [3.05, 3.63) is 41.2 Å². The van der Waals surface area contributed by atoms with Crippen LogP contribution in [0.4, 0.5) is 19.1 Å². The smallest absolute Gasteiger partial charge is 0.339 e. The minimum absolute atomic E-state index is 0.0700. The van der Waals surface area contributed by atoms with Gasteiger partial charge >= 0.3 is 6.18 Å². The monoisotopic (exact) mass is 530 g/mol. The van der Waals surface area contributed by atoms with Gasteiger partial charge in [-0.1, -0.05) is 45.0 Å². The van der Waals surface area contributed by atoms with Crippen LogP contribution in [0.3, 0.4) is 0 Å². The molecule has 10 nitrogen and oxygen atoms in total. The lowest BCUT2D eigenvalue weighted by atomic mass is 9.96. The maximum Gasteiger partial charge on any atom is 0.406 e. The number of nitrogens with zero attached hydrogens (tertiary/aromatic N) is 5. The normalized spacial score (nSPS) is 19.6. The van der Waals surface area contributed by atoms with Gasteiger partial charge in [-0.25, -0.2) is 8.42 Å². The third-order valence-corrected chi connectivity index (χ3v) is 6.99. The minimum atomic E-state index is -5.07. The third-order valence-electron chi connectivity index (χ3n) is 5.78. The number of sulfonamides is 1. The first kappa shape index (κ1) is 27.7. The number of benzene rings is 1. The zero-order valence-electron chi connectivity index (χ0n) is 20.6. The highest BCUT2D eigenvalue weighted by Crippen LogP contribution is 2.41. The van der Waals surface area contributed by atoms with Crippen molar-refractivity contribution in [2.24, 2.45) is 11.1 Å². The summed E-state index contributed by atoms with van der Waals surface area (Å²) in [5, 5.41) is 4.03. The van der Waals surface area contributed by atoms with Crippen LogP contribution in [0.1, 0.15) is 48.4 Å². The summed E-state index contributed by atoms with van der Waals surface area (Å²) in [5.74, 6) is -4.21. The molecule has 198 valence electrons. The van der Waals surface area contributed by atoms with Gasteiger partial charge in [-0.15, -0.1) is 5.10 Å². The van der Waals surface area contributed by atoms with Gasteiger partial charge in [0.1, 0.15) is 12.0 Å². The number of hydrogen-bond donors (Lipinski definition) is 1. The summed E-state index contributed by atoms with van der Waals surface area (Å²) < 4.78 is 67.1. The molecule has 14 heteroatoms. The Morgan fingerprint density at radius 1 is 1.17 bits per heavy atom. The van der Waals surface area contributed by atoms with Crippen LogP contribution in [-0.2, 0) is 27.9 Å². The summed E-state index contributed by atoms with van der Waals surface area (Å²) in [7, 11) is -2.79. The molecule has 0 aliphatic carbocycles. The van der Waals surface area contributed by atoms with Crippen LogP contribution < -0.4 is 10.6 Å². The van der Waals surface area contributed by atoms with Crippen molar-refractivity contribution in [3.8, 4) is 0 Å². The molecule has 36 heavy (non-hydrogen) atoms. The number of carbonyl (C=O) groups excluding carboxylic acids is 2. The van der Waals surface area contributed by atoms with E-state index in [9.17, 15) is 31.2 Å². The lowest BCUT2D eigenvalue weighted by Gasteiger charge is -2.26. The van der Waals surface area contributed by atoms with Gasteiger partial charge in [-0.3, -0.25) is 9.59 Å². The Bertz CT molecular complexity index is 1250. The summed E-state index contributed by atoms with van der Waals surface area (Å²) in [6.45, 7) is 4.43. The molecule has 0 spiro atoms. The fraction of sp³-hybridized carbons (Fsp3) is 0.545. The highest BCUT2D eigenvalue weighted by molar-refractivity contribution is 7.88. The number of rotatable bonds is 6. The minimum Gasteiger partial charge on any atom is -0.339 e. The van der Waals surface area contributed by atoms with Crippen molar-refractivity contribution < 1.29 is 31.2 Å². The Kier molecular flexibility index (Phi) is 7.37. The van der Waals surface area contributed by atoms with Gasteiger partial charge in [0.2, 0.25) is 16.0 Å². The zero-order chi connectivity index (χ0) is 27.2. The molecule has 2 aromatic rings. The van der Waals surface area contributed by atoms with Gasteiger partial charge in [0.25, 0.3) is 5.91 Å². The summed E-state index contributed by atoms with van der Waals surface area (Å²) in [6, 6.07) is 4.60. The summed E-state index contributed by atoms with van der Waals surface area (Å²) in [5.41, 5.74) is 6.35. The molecule has 1 aliphatic rings. The van der Waals surface area contributed by atoms with Gasteiger partial charge in [0, 0.05) is 25.6 Å². The number of aromatic nitrogens is 3. The predicted molar refractivity (Wildman–Crippen MR) is 126 cm³/mol. The molecule has 0 saturated carbocycles. The molecule has 2 atom stereocenters. The van der Waals surface area contributed by atoms with Crippen LogP contribution in [0.25, 0.3) is 0 Å². The Balaban J connectivity index is 2.10. The fourth-order valence-electron chi connectivity index (χ4n) is 3.93. The van der Waals surface area contributed by atoms with E-state index in [4.69, 9.17) is 5.73 Å². The topological polar surface area (TPSA) is 131 Å². The van der Waals surface area contributed by atoms with Crippen molar-refractivity contribution in [3.63, 3.8) is 0 Å². The zero-order valence-corrected chi connectivity index (χ0v) is 21.4. The molecule has 0 radical (unpaired) electrons. The largest absolute Gasteiger partial charge is 0.406 e. The molecule has 0 bridgehead atoms. The van der Waals surface area contributed by atoms with E-state index in [0.29, 0.717) is 12.8 Å². The van der Waals surface area contributed by atoms with E-state index in [1.54, 1.807) is 27.8 Å². The maximum absolute atomic E-state index is 14.0. The third kappa shape index (κ3) is 5.60. The lowest BCUT2D eigenvalue weighted by molar-refractivity contribution is -0.169. The second-order valence-corrected chi connectivity index (χ2v) is 11.8.